The van der Waals surface area contributed by atoms with Crippen molar-refractivity contribution in [1.82, 2.24) is 15.2 Å². The van der Waals surface area contributed by atoms with Gasteiger partial charge in [-0.1, -0.05) is 0 Å². The Labute approximate surface area is 113 Å². The lowest BCUT2D eigenvalue weighted by atomic mass is 9.98. The third-order valence-corrected chi connectivity index (χ3v) is 3.76. The first-order chi connectivity index (χ1) is 9.11. The molecule has 0 aliphatic carbocycles. The highest BCUT2D eigenvalue weighted by Crippen LogP contribution is 2.17. The second kappa shape index (κ2) is 5.99. The fourth-order valence-corrected chi connectivity index (χ4v) is 2.38. The van der Waals surface area contributed by atoms with Crippen molar-refractivity contribution in [2.75, 3.05) is 19.0 Å². The molecule has 1 aromatic rings. The minimum absolute atomic E-state index is 0.122. The van der Waals surface area contributed by atoms with Crippen LogP contribution in [0.2, 0.25) is 0 Å². The number of carbonyl (C=O) groups is 1. The van der Waals surface area contributed by atoms with Gasteiger partial charge in [0.25, 0.3) is 5.91 Å². The zero-order valence-electron chi connectivity index (χ0n) is 11.4. The fraction of sp³-hybridized carbons (Fsp3) is 0.538. The zero-order valence-corrected chi connectivity index (χ0v) is 11.4. The molecule has 2 heterocycles. The first kappa shape index (κ1) is 13.8. The molecule has 1 saturated heterocycles. The third kappa shape index (κ3) is 3.21. The molecule has 0 bridgehead atoms. The number of aromatic nitrogens is 1. The standard InChI is InChI=1S/C13H21N5O/c1-9-7-10(4-6-18(9)2)16-13(19)11-8-15-5-3-12(11)17-14/h3,5,8-10H,4,6-7,14H2,1-2H3,(H,15,17)(H,16,19). The predicted octanol–water partition coefficient (Wildman–Crippen LogP) is 0.580. The van der Waals surface area contributed by atoms with E-state index >= 15 is 0 Å². The highest BCUT2D eigenvalue weighted by atomic mass is 16.1. The van der Waals surface area contributed by atoms with Crippen LogP contribution < -0.4 is 16.6 Å². The molecule has 2 unspecified atom stereocenters. The van der Waals surface area contributed by atoms with Gasteiger partial charge in [-0.05, 0) is 32.9 Å². The van der Waals surface area contributed by atoms with E-state index in [1.165, 1.54) is 6.20 Å². The first-order valence-electron chi connectivity index (χ1n) is 6.53. The molecule has 19 heavy (non-hydrogen) atoms. The van der Waals surface area contributed by atoms with E-state index in [9.17, 15) is 4.79 Å². The number of amides is 1. The predicted molar refractivity (Wildman–Crippen MR) is 74.6 cm³/mol. The molecular formula is C13H21N5O. The summed E-state index contributed by atoms with van der Waals surface area (Å²) in [5.74, 6) is 5.27. The van der Waals surface area contributed by atoms with Crippen LogP contribution in [0.15, 0.2) is 18.5 Å². The Balaban J connectivity index is 2.01. The number of hydrogen-bond donors (Lipinski definition) is 3. The third-order valence-electron chi connectivity index (χ3n) is 3.76. The molecule has 2 atom stereocenters. The average Bonchev–Trinajstić information content (AvgIpc) is 2.43. The molecule has 0 spiro atoms. The van der Waals surface area contributed by atoms with Crippen LogP contribution in [-0.4, -0.2) is 41.5 Å². The molecule has 0 saturated carbocycles. The maximum atomic E-state index is 12.2. The van der Waals surface area contributed by atoms with Crippen molar-refractivity contribution in [1.29, 1.82) is 0 Å². The summed E-state index contributed by atoms with van der Waals surface area (Å²) in [7, 11) is 2.11. The van der Waals surface area contributed by atoms with E-state index in [4.69, 9.17) is 5.84 Å². The van der Waals surface area contributed by atoms with E-state index in [2.05, 4.69) is 34.6 Å². The number of hydrogen-bond acceptors (Lipinski definition) is 5. The first-order valence-corrected chi connectivity index (χ1v) is 6.53. The smallest absolute Gasteiger partial charge is 0.255 e. The SMILES string of the molecule is CC1CC(NC(=O)c2cnccc2NN)CCN1C. The number of hydrazine groups is 1. The molecule has 1 aliphatic rings. The Morgan fingerprint density at radius 2 is 2.37 bits per heavy atom. The number of likely N-dealkylation sites (tertiary alicyclic amines) is 1. The lowest BCUT2D eigenvalue weighted by Gasteiger charge is -2.35. The van der Waals surface area contributed by atoms with Crippen LogP contribution >= 0.6 is 0 Å². The summed E-state index contributed by atoms with van der Waals surface area (Å²) in [5, 5.41) is 3.06. The van der Waals surface area contributed by atoms with Crippen molar-refractivity contribution >= 4 is 11.6 Å². The largest absolute Gasteiger partial charge is 0.349 e. The summed E-state index contributed by atoms with van der Waals surface area (Å²) in [6.45, 7) is 3.18. The Bertz CT molecular complexity index is 450. The quantitative estimate of drug-likeness (QED) is 0.549. The van der Waals surface area contributed by atoms with E-state index < -0.39 is 0 Å². The van der Waals surface area contributed by atoms with Crippen LogP contribution in [-0.2, 0) is 0 Å². The second-order valence-electron chi connectivity index (χ2n) is 5.09. The van der Waals surface area contributed by atoms with Gasteiger partial charge in [0.2, 0.25) is 0 Å². The van der Waals surface area contributed by atoms with Crippen molar-refractivity contribution in [3.8, 4) is 0 Å². The molecule has 1 fully saturated rings. The van der Waals surface area contributed by atoms with Crippen molar-refractivity contribution in [2.24, 2.45) is 5.84 Å². The number of nitrogens with two attached hydrogens (primary N) is 1. The molecule has 1 amide bonds. The van der Waals surface area contributed by atoms with Crippen molar-refractivity contribution < 1.29 is 4.79 Å². The number of anilines is 1. The van der Waals surface area contributed by atoms with Crippen molar-refractivity contribution in [3.63, 3.8) is 0 Å². The summed E-state index contributed by atoms with van der Waals surface area (Å²) in [5.41, 5.74) is 3.59. The van der Waals surface area contributed by atoms with Gasteiger partial charge in [-0.3, -0.25) is 15.6 Å². The van der Waals surface area contributed by atoms with Gasteiger partial charge in [0, 0.05) is 31.0 Å². The van der Waals surface area contributed by atoms with Crippen LogP contribution in [0.25, 0.3) is 0 Å². The van der Waals surface area contributed by atoms with E-state index in [1.54, 1.807) is 12.3 Å². The van der Waals surface area contributed by atoms with Gasteiger partial charge < -0.3 is 15.6 Å². The molecule has 104 valence electrons. The minimum Gasteiger partial charge on any atom is -0.349 e. The molecule has 4 N–H and O–H groups in total. The molecule has 0 radical (unpaired) electrons. The average molecular weight is 263 g/mol. The van der Waals surface area contributed by atoms with Crippen LogP contribution in [0, 0.1) is 0 Å². The zero-order chi connectivity index (χ0) is 13.8. The van der Waals surface area contributed by atoms with E-state index in [-0.39, 0.29) is 11.9 Å². The molecule has 2 rings (SSSR count). The Morgan fingerprint density at radius 3 is 3.05 bits per heavy atom. The van der Waals surface area contributed by atoms with Gasteiger partial charge in [-0.2, -0.15) is 0 Å². The topological polar surface area (TPSA) is 83.3 Å². The number of nitrogen functional groups attached to an aromatic ring is 1. The lowest BCUT2D eigenvalue weighted by molar-refractivity contribution is 0.0897. The van der Waals surface area contributed by atoms with Crippen LogP contribution in [0.3, 0.4) is 0 Å². The summed E-state index contributed by atoms with van der Waals surface area (Å²) in [6.07, 6.45) is 5.07. The van der Waals surface area contributed by atoms with Gasteiger partial charge in [-0.15, -0.1) is 0 Å². The summed E-state index contributed by atoms with van der Waals surface area (Å²) in [6, 6.07) is 2.39. The van der Waals surface area contributed by atoms with Gasteiger partial charge in [0.1, 0.15) is 0 Å². The highest BCUT2D eigenvalue weighted by Gasteiger charge is 2.24. The highest BCUT2D eigenvalue weighted by molar-refractivity contribution is 5.99. The van der Waals surface area contributed by atoms with E-state index in [1.807, 2.05) is 0 Å². The van der Waals surface area contributed by atoms with Gasteiger partial charge in [0.05, 0.1) is 11.3 Å². The van der Waals surface area contributed by atoms with Gasteiger partial charge in [-0.25, -0.2) is 0 Å². The van der Waals surface area contributed by atoms with Gasteiger partial charge >= 0.3 is 0 Å². The molecule has 1 aromatic heterocycles. The fourth-order valence-electron chi connectivity index (χ4n) is 2.38. The lowest BCUT2D eigenvalue weighted by Crippen LogP contribution is -2.47. The number of nitrogens with zero attached hydrogens (tertiary/aromatic N) is 2. The van der Waals surface area contributed by atoms with Gasteiger partial charge in [0.15, 0.2) is 0 Å². The summed E-state index contributed by atoms with van der Waals surface area (Å²) < 4.78 is 0. The van der Waals surface area contributed by atoms with Crippen LogP contribution in [0.4, 0.5) is 5.69 Å². The molecule has 0 aromatic carbocycles. The minimum atomic E-state index is -0.122. The Morgan fingerprint density at radius 1 is 1.58 bits per heavy atom. The second-order valence-corrected chi connectivity index (χ2v) is 5.09. The summed E-state index contributed by atoms with van der Waals surface area (Å²) in [4.78, 5) is 18.5. The van der Waals surface area contributed by atoms with E-state index in [0.717, 1.165) is 19.4 Å². The maximum absolute atomic E-state index is 12.2. The van der Waals surface area contributed by atoms with Crippen molar-refractivity contribution in [3.05, 3.63) is 24.0 Å². The molecule has 6 heteroatoms. The van der Waals surface area contributed by atoms with Crippen LogP contribution in [0.1, 0.15) is 30.1 Å². The van der Waals surface area contributed by atoms with Crippen molar-refractivity contribution in [2.45, 2.75) is 31.8 Å². The van der Waals surface area contributed by atoms with E-state index in [0.29, 0.717) is 17.3 Å². The van der Waals surface area contributed by atoms with Crippen LogP contribution in [0.5, 0.6) is 0 Å². The Kier molecular flexibility index (Phi) is 4.34. The summed E-state index contributed by atoms with van der Waals surface area (Å²) >= 11 is 0. The molecule has 1 aliphatic heterocycles. The molecule has 6 nitrogen and oxygen atoms in total. The normalized spacial score (nSPS) is 23.9. The maximum Gasteiger partial charge on any atom is 0.255 e. The number of nitrogens with one attached hydrogen (secondary N) is 2. The monoisotopic (exact) mass is 263 g/mol. The number of pyridine rings is 1. The Hall–Kier alpha value is -1.66. The molecular weight excluding hydrogens is 242 g/mol. The number of piperidine rings is 1. The number of carbonyl (C=O) groups excluding carboxylic acids is 1. The number of rotatable bonds is 3.